The molecule has 2 saturated heterocycles. The molecule has 142 valence electrons. The molecule has 0 spiro atoms. The van der Waals surface area contributed by atoms with E-state index in [0.717, 1.165) is 57.7 Å². The number of rotatable bonds is 5. The van der Waals surface area contributed by atoms with E-state index in [1.807, 2.05) is 12.4 Å². The molecule has 2 atom stereocenters. The Labute approximate surface area is 157 Å². The number of likely N-dealkylation sites (tertiary alicyclic amines) is 2. The number of hydrogen-bond acceptors (Lipinski definition) is 3. The Morgan fingerprint density at radius 3 is 2.92 bits per heavy atom. The molecule has 3 heterocycles. The second kappa shape index (κ2) is 7.95. The molecule has 26 heavy (non-hydrogen) atoms. The first-order chi connectivity index (χ1) is 12.7. The van der Waals surface area contributed by atoms with Crippen LogP contribution in [0.25, 0.3) is 0 Å². The fraction of sp³-hybridized carbons (Fsp3) is 0.714. The summed E-state index contributed by atoms with van der Waals surface area (Å²) in [4.78, 5) is 21.8. The molecule has 5 nitrogen and oxygen atoms in total. The van der Waals surface area contributed by atoms with Crippen LogP contribution in [-0.2, 0) is 18.4 Å². The molecule has 0 radical (unpaired) electrons. The van der Waals surface area contributed by atoms with Crippen molar-refractivity contribution in [1.29, 1.82) is 0 Å². The van der Waals surface area contributed by atoms with Gasteiger partial charge in [-0.15, -0.1) is 0 Å². The van der Waals surface area contributed by atoms with E-state index in [2.05, 4.69) is 32.5 Å². The summed E-state index contributed by atoms with van der Waals surface area (Å²) in [5, 5.41) is 0. The van der Waals surface area contributed by atoms with Crippen molar-refractivity contribution < 1.29 is 4.79 Å². The summed E-state index contributed by atoms with van der Waals surface area (Å²) < 4.78 is 2.11. The molecule has 3 aliphatic rings. The van der Waals surface area contributed by atoms with Gasteiger partial charge in [-0.25, -0.2) is 4.98 Å². The Morgan fingerprint density at radius 2 is 2.15 bits per heavy atom. The van der Waals surface area contributed by atoms with Gasteiger partial charge in [-0.05, 0) is 50.9 Å². The highest BCUT2D eigenvalue weighted by molar-refractivity contribution is 5.77. The quantitative estimate of drug-likeness (QED) is 0.761. The third kappa shape index (κ3) is 3.88. The molecule has 2 aliphatic heterocycles. The Bertz CT molecular complexity index is 665. The van der Waals surface area contributed by atoms with Crippen molar-refractivity contribution in [1.82, 2.24) is 19.4 Å². The van der Waals surface area contributed by atoms with Crippen molar-refractivity contribution >= 4 is 5.91 Å². The fourth-order valence-electron chi connectivity index (χ4n) is 5.01. The van der Waals surface area contributed by atoms with Crippen LogP contribution in [0.3, 0.4) is 0 Å². The Kier molecular flexibility index (Phi) is 5.44. The second-order valence-corrected chi connectivity index (χ2v) is 8.29. The topological polar surface area (TPSA) is 41.4 Å². The molecular weight excluding hydrogens is 324 g/mol. The number of amides is 1. The van der Waals surface area contributed by atoms with Crippen molar-refractivity contribution in [2.45, 2.75) is 64.0 Å². The van der Waals surface area contributed by atoms with E-state index in [0.29, 0.717) is 17.9 Å². The second-order valence-electron chi connectivity index (χ2n) is 8.29. The summed E-state index contributed by atoms with van der Waals surface area (Å²) in [7, 11) is 2.07. The SMILES string of the molecule is Cn1ccnc1CN1CC[C@@H]2[C@@H](CCC(=O)N2CCC2=CCCCC2)C1. The minimum atomic E-state index is 0.389. The van der Waals surface area contributed by atoms with Gasteiger partial charge >= 0.3 is 0 Å². The number of imidazole rings is 1. The zero-order valence-electron chi connectivity index (χ0n) is 16.1. The maximum atomic E-state index is 12.6. The fourth-order valence-corrected chi connectivity index (χ4v) is 5.01. The van der Waals surface area contributed by atoms with E-state index in [1.165, 1.54) is 25.7 Å². The van der Waals surface area contributed by atoms with Crippen LogP contribution in [0.15, 0.2) is 24.0 Å². The highest BCUT2D eigenvalue weighted by Gasteiger charge is 2.39. The predicted octanol–water partition coefficient (Wildman–Crippen LogP) is 3.12. The monoisotopic (exact) mass is 356 g/mol. The molecule has 4 rings (SSSR count). The number of fused-ring (bicyclic) bond motifs is 1. The lowest BCUT2D eigenvalue weighted by atomic mass is 9.83. The maximum absolute atomic E-state index is 12.6. The standard InChI is InChI=1S/C21H32N4O/c1-23-14-11-22-20(23)16-24-12-10-19-18(15-24)7-8-21(26)25(19)13-9-17-5-3-2-4-6-17/h5,11,14,18-19H,2-4,6-10,12-13,15-16H2,1H3/t18-,19+/m0/s1. The highest BCUT2D eigenvalue weighted by Crippen LogP contribution is 2.32. The van der Waals surface area contributed by atoms with Crippen LogP contribution in [0.5, 0.6) is 0 Å². The van der Waals surface area contributed by atoms with Crippen molar-refractivity contribution in [3.8, 4) is 0 Å². The summed E-state index contributed by atoms with van der Waals surface area (Å²) in [6.07, 6.45) is 15.4. The van der Waals surface area contributed by atoms with Gasteiger partial charge in [0.15, 0.2) is 0 Å². The van der Waals surface area contributed by atoms with E-state index in [9.17, 15) is 4.79 Å². The van der Waals surface area contributed by atoms with Crippen molar-refractivity contribution in [2.24, 2.45) is 13.0 Å². The summed E-state index contributed by atoms with van der Waals surface area (Å²) in [6.45, 7) is 4.03. The normalized spacial score (nSPS) is 27.3. The zero-order valence-corrected chi connectivity index (χ0v) is 16.1. The van der Waals surface area contributed by atoms with Crippen LogP contribution in [0.4, 0.5) is 0 Å². The third-order valence-electron chi connectivity index (χ3n) is 6.57. The first kappa shape index (κ1) is 17.8. The number of piperidine rings is 2. The van der Waals surface area contributed by atoms with E-state index < -0.39 is 0 Å². The number of aromatic nitrogens is 2. The van der Waals surface area contributed by atoms with Gasteiger partial charge in [0, 0.05) is 51.5 Å². The van der Waals surface area contributed by atoms with Gasteiger partial charge in [0.2, 0.25) is 5.91 Å². The van der Waals surface area contributed by atoms with Crippen LogP contribution in [0.2, 0.25) is 0 Å². The number of hydrogen-bond donors (Lipinski definition) is 0. The lowest BCUT2D eigenvalue weighted by Crippen LogP contribution is -2.56. The van der Waals surface area contributed by atoms with Crippen LogP contribution in [0, 0.1) is 5.92 Å². The molecule has 0 saturated carbocycles. The lowest BCUT2D eigenvalue weighted by Gasteiger charge is -2.47. The number of carbonyl (C=O) groups is 1. The van der Waals surface area contributed by atoms with Crippen LogP contribution in [-0.4, -0.2) is 50.9 Å². The Balaban J connectivity index is 1.35. The largest absolute Gasteiger partial charge is 0.339 e. The summed E-state index contributed by atoms with van der Waals surface area (Å²) in [5.74, 6) is 2.15. The van der Waals surface area contributed by atoms with Crippen molar-refractivity contribution in [3.63, 3.8) is 0 Å². The Morgan fingerprint density at radius 1 is 1.23 bits per heavy atom. The highest BCUT2D eigenvalue weighted by atomic mass is 16.2. The first-order valence-electron chi connectivity index (χ1n) is 10.4. The first-order valence-corrected chi connectivity index (χ1v) is 10.4. The summed E-state index contributed by atoms with van der Waals surface area (Å²) in [5.41, 5.74) is 1.58. The van der Waals surface area contributed by atoms with Gasteiger partial charge in [0.1, 0.15) is 5.82 Å². The van der Waals surface area contributed by atoms with Gasteiger partial charge in [0.05, 0.1) is 6.54 Å². The summed E-state index contributed by atoms with van der Waals surface area (Å²) >= 11 is 0. The number of carbonyl (C=O) groups excluding carboxylic acids is 1. The zero-order chi connectivity index (χ0) is 17.9. The van der Waals surface area contributed by atoms with Gasteiger partial charge < -0.3 is 9.47 Å². The molecule has 0 N–H and O–H groups in total. The van der Waals surface area contributed by atoms with E-state index in [4.69, 9.17) is 0 Å². The van der Waals surface area contributed by atoms with Crippen molar-refractivity contribution in [2.75, 3.05) is 19.6 Å². The molecule has 0 unspecified atom stereocenters. The molecule has 0 aromatic carbocycles. The van der Waals surface area contributed by atoms with Crippen LogP contribution >= 0.6 is 0 Å². The van der Waals surface area contributed by atoms with Gasteiger partial charge in [-0.3, -0.25) is 9.69 Å². The lowest BCUT2D eigenvalue weighted by molar-refractivity contribution is -0.141. The summed E-state index contributed by atoms with van der Waals surface area (Å²) in [6, 6.07) is 0.457. The average Bonchev–Trinajstić information content (AvgIpc) is 3.06. The number of allylic oxidation sites excluding steroid dienone is 1. The minimum Gasteiger partial charge on any atom is -0.339 e. The molecule has 2 fully saturated rings. The molecule has 1 aromatic heterocycles. The third-order valence-corrected chi connectivity index (χ3v) is 6.57. The molecule has 0 bridgehead atoms. The molecule has 1 amide bonds. The van der Waals surface area contributed by atoms with E-state index in [-0.39, 0.29) is 0 Å². The Hall–Kier alpha value is -1.62. The van der Waals surface area contributed by atoms with E-state index >= 15 is 0 Å². The molecular formula is C21H32N4O. The maximum Gasteiger partial charge on any atom is 0.222 e. The predicted molar refractivity (Wildman–Crippen MR) is 102 cm³/mol. The average molecular weight is 357 g/mol. The van der Waals surface area contributed by atoms with Crippen LogP contribution < -0.4 is 0 Å². The number of aryl methyl sites for hydroxylation is 1. The molecule has 1 aromatic rings. The smallest absolute Gasteiger partial charge is 0.222 e. The minimum absolute atomic E-state index is 0.389. The molecule has 5 heteroatoms. The van der Waals surface area contributed by atoms with Gasteiger partial charge in [-0.1, -0.05) is 11.6 Å². The molecule has 1 aliphatic carbocycles. The van der Waals surface area contributed by atoms with E-state index in [1.54, 1.807) is 5.57 Å². The van der Waals surface area contributed by atoms with Crippen LogP contribution in [0.1, 0.15) is 57.2 Å². The van der Waals surface area contributed by atoms with Gasteiger partial charge in [0.25, 0.3) is 0 Å². The number of nitrogens with zero attached hydrogens (tertiary/aromatic N) is 4. The van der Waals surface area contributed by atoms with Crippen molar-refractivity contribution in [3.05, 3.63) is 29.9 Å². The van der Waals surface area contributed by atoms with Gasteiger partial charge in [-0.2, -0.15) is 0 Å².